The summed E-state index contributed by atoms with van der Waals surface area (Å²) in [5.74, 6) is -0.630. The summed E-state index contributed by atoms with van der Waals surface area (Å²) in [6, 6.07) is 11.4. The molecular weight excluding hydrogens is 434 g/mol. The van der Waals surface area contributed by atoms with E-state index in [2.05, 4.69) is 20.9 Å². The average molecular weight is 448 g/mol. The van der Waals surface area contributed by atoms with E-state index in [-0.39, 0.29) is 5.91 Å². The highest BCUT2D eigenvalue weighted by molar-refractivity contribution is 9.10. The molecule has 0 unspecified atom stereocenters. The fourth-order valence-electron chi connectivity index (χ4n) is 2.42. The van der Waals surface area contributed by atoms with Crippen LogP contribution in [0.4, 0.5) is 11.4 Å². The van der Waals surface area contributed by atoms with Gasteiger partial charge >= 0.3 is 5.69 Å². The van der Waals surface area contributed by atoms with Crippen molar-refractivity contribution in [3.05, 3.63) is 67.5 Å². The van der Waals surface area contributed by atoms with Gasteiger partial charge in [-0.1, -0.05) is 22.0 Å². The highest BCUT2D eigenvalue weighted by Crippen LogP contribution is 2.35. The Hall–Kier alpha value is -2.65. The number of amides is 1. The maximum Gasteiger partial charge on any atom is 0.311 e. The fourth-order valence-corrected chi connectivity index (χ4v) is 3.75. The molecule has 1 fully saturated rings. The Labute approximate surface area is 167 Å². The largest absolute Gasteiger partial charge is 0.502 e. The van der Waals surface area contributed by atoms with Crippen LogP contribution in [0.3, 0.4) is 0 Å². The Kier molecular flexibility index (Phi) is 5.62. The van der Waals surface area contributed by atoms with Crippen molar-refractivity contribution in [3.8, 4) is 5.75 Å². The molecule has 1 N–H and O–H groups in total. The first-order chi connectivity index (χ1) is 12.9. The zero-order valence-electron chi connectivity index (χ0n) is 14.1. The first-order valence-electron chi connectivity index (χ1n) is 7.92. The standard InChI is InChI=1S/C18H14BrN3O4S/c1-2-21-17(24)16(10-11-3-8-15(23)14(9-11)22(25)26)27-18(21)20-13-6-4-12(19)5-7-13/h3-10,23H,2H2,1H3/b16-10-,20-18?. The summed E-state index contributed by atoms with van der Waals surface area (Å²) in [6.07, 6.45) is 1.56. The summed E-state index contributed by atoms with van der Waals surface area (Å²) in [6.45, 7) is 2.30. The third-order valence-corrected chi connectivity index (χ3v) is 5.28. The van der Waals surface area contributed by atoms with Crippen LogP contribution < -0.4 is 0 Å². The molecule has 1 saturated heterocycles. The lowest BCUT2D eigenvalue weighted by atomic mass is 10.1. The van der Waals surface area contributed by atoms with Crippen LogP contribution in [-0.4, -0.2) is 32.5 Å². The predicted octanol–water partition coefficient (Wildman–Crippen LogP) is 4.69. The number of likely N-dealkylation sites (N-methyl/N-ethyl adjacent to an activating group) is 1. The lowest BCUT2D eigenvalue weighted by molar-refractivity contribution is -0.385. The Bertz CT molecular complexity index is 973. The van der Waals surface area contributed by atoms with Gasteiger partial charge in [0.2, 0.25) is 0 Å². The van der Waals surface area contributed by atoms with Crippen LogP contribution in [-0.2, 0) is 4.79 Å². The zero-order chi connectivity index (χ0) is 19.6. The minimum absolute atomic E-state index is 0.214. The molecule has 0 atom stereocenters. The number of nitrogens with zero attached hydrogens (tertiary/aromatic N) is 3. The van der Waals surface area contributed by atoms with Gasteiger partial charge in [0.1, 0.15) is 0 Å². The minimum atomic E-state index is -0.667. The minimum Gasteiger partial charge on any atom is -0.502 e. The van der Waals surface area contributed by atoms with E-state index in [4.69, 9.17) is 0 Å². The number of phenolic OH excluding ortho intramolecular Hbond substituents is 1. The van der Waals surface area contributed by atoms with Gasteiger partial charge in [-0.05, 0) is 60.7 Å². The summed E-state index contributed by atoms with van der Waals surface area (Å²) in [5, 5.41) is 21.1. The lowest BCUT2D eigenvalue weighted by Crippen LogP contribution is -2.28. The number of carbonyl (C=O) groups excluding carboxylic acids is 1. The smallest absolute Gasteiger partial charge is 0.311 e. The van der Waals surface area contributed by atoms with E-state index in [0.717, 1.165) is 4.47 Å². The number of aliphatic imine (C=N–C) groups is 1. The van der Waals surface area contributed by atoms with Gasteiger partial charge in [0, 0.05) is 17.1 Å². The van der Waals surface area contributed by atoms with Crippen LogP contribution in [0.5, 0.6) is 5.75 Å². The van der Waals surface area contributed by atoms with E-state index >= 15 is 0 Å². The summed E-state index contributed by atoms with van der Waals surface area (Å²) in [4.78, 5) is 29.4. The highest BCUT2D eigenvalue weighted by atomic mass is 79.9. The van der Waals surface area contributed by atoms with Crippen LogP contribution in [0, 0.1) is 10.1 Å². The van der Waals surface area contributed by atoms with Gasteiger partial charge in [0.05, 0.1) is 15.5 Å². The quantitative estimate of drug-likeness (QED) is 0.416. The van der Waals surface area contributed by atoms with Crippen LogP contribution in [0.2, 0.25) is 0 Å². The van der Waals surface area contributed by atoms with Crippen molar-refractivity contribution < 1.29 is 14.8 Å². The number of rotatable bonds is 4. The molecule has 0 saturated carbocycles. The normalized spacial score (nSPS) is 17.1. The molecule has 1 amide bonds. The second-order valence-corrected chi connectivity index (χ2v) is 7.46. The number of thioether (sulfide) groups is 1. The highest BCUT2D eigenvalue weighted by Gasteiger charge is 2.32. The molecule has 1 aliphatic rings. The SMILES string of the molecule is CCN1C(=O)/C(=C/c2ccc(O)c([N+](=O)[O-])c2)SC1=Nc1ccc(Br)cc1. The van der Waals surface area contributed by atoms with E-state index in [1.807, 2.05) is 31.2 Å². The summed E-state index contributed by atoms with van der Waals surface area (Å²) in [5.41, 5.74) is 0.765. The van der Waals surface area contributed by atoms with Crippen molar-refractivity contribution in [1.29, 1.82) is 0 Å². The molecule has 2 aromatic rings. The molecule has 0 radical (unpaired) electrons. The summed E-state index contributed by atoms with van der Waals surface area (Å²) < 4.78 is 0.934. The summed E-state index contributed by atoms with van der Waals surface area (Å²) in [7, 11) is 0. The molecule has 1 aliphatic heterocycles. The Morgan fingerprint density at radius 1 is 1.30 bits per heavy atom. The van der Waals surface area contributed by atoms with E-state index in [0.29, 0.717) is 27.9 Å². The average Bonchev–Trinajstić information content (AvgIpc) is 2.93. The van der Waals surface area contributed by atoms with Crippen molar-refractivity contribution >= 4 is 56.2 Å². The number of phenols is 1. The van der Waals surface area contributed by atoms with Crippen molar-refractivity contribution in [2.24, 2.45) is 4.99 Å². The first-order valence-corrected chi connectivity index (χ1v) is 9.53. The van der Waals surface area contributed by atoms with E-state index < -0.39 is 16.4 Å². The molecule has 2 aromatic carbocycles. The second-order valence-electron chi connectivity index (χ2n) is 5.54. The zero-order valence-corrected chi connectivity index (χ0v) is 16.5. The molecule has 0 aromatic heterocycles. The number of amidine groups is 1. The number of halogens is 1. The molecule has 3 rings (SSSR count). The Morgan fingerprint density at radius 3 is 2.63 bits per heavy atom. The van der Waals surface area contributed by atoms with Crippen LogP contribution >= 0.6 is 27.7 Å². The molecule has 0 aliphatic carbocycles. The van der Waals surface area contributed by atoms with Crippen molar-refractivity contribution in [2.75, 3.05) is 6.54 Å². The maximum atomic E-state index is 12.6. The van der Waals surface area contributed by atoms with Crippen LogP contribution in [0.15, 0.2) is 56.8 Å². The van der Waals surface area contributed by atoms with Gasteiger partial charge in [0.15, 0.2) is 10.9 Å². The predicted molar refractivity (Wildman–Crippen MR) is 109 cm³/mol. The third-order valence-electron chi connectivity index (χ3n) is 3.75. The third kappa shape index (κ3) is 4.20. The van der Waals surface area contributed by atoms with Crippen LogP contribution in [0.1, 0.15) is 12.5 Å². The molecule has 27 heavy (non-hydrogen) atoms. The number of hydrogen-bond acceptors (Lipinski definition) is 6. The van der Waals surface area contributed by atoms with E-state index in [1.165, 1.54) is 30.0 Å². The monoisotopic (exact) mass is 447 g/mol. The number of benzene rings is 2. The van der Waals surface area contributed by atoms with Gasteiger partial charge in [-0.3, -0.25) is 19.8 Å². The van der Waals surface area contributed by atoms with Gasteiger partial charge < -0.3 is 5.11 Å². The molecule has 1 heterocycles. The molecule has 0 bridgehead atoms. The topological polar surface area (TPSA) is 96.0 Å². The molecule has 9 heteroatoms. The van der Waals surface area contributed by atoms with Gasteiger partial charge in [-0.25, -0.2) is 4.99 Å². The summed E-state index contributed by atoms with van der Waals surface area (Å²) >= 11 is 4.58. The number of nitro benzene ring substituents is 1. The number of nitro groups is 1. The molecular formula is C18H14BrN3O4S. The van der Waals surface area contributed by atoms with Crippen molar-refractivity contribution in [3.63, 3.8) is 0 Å². The molecule has 0 spiro atoms. The van der Waals surface area contributed by atoms with E-state index in [9.17, 15) is 20.0 Å². The van der Waals surface area contributed by atoms with Gasteiger partial charge in [-0.15, -0.1) is 0 Å². The Balaban J connectivity index is 1.94. The maximum absolute atomic E-state index is 12.6. The van der Waals surface area contributed by atoms with Crippen LogP contribution in [0.25, 0.3) is 6.08 Å². The van der Waals surface area contributed by atoms with E-state index in [1.54, 1.807) is 11.0 Å². The number of carbonyl (C=O) groups is 1. The Morgan fingerprint density at radius 2 is 2.00 bits per heavy atom. The second kappa shape index (κ2) is 7.93. The van der Waals surface area contributed by atoms with Crippen molar-refractivity contribution in [1.82, 2.24) is 4.90 Å². The first kappa shape index (κ1) is 19.1. The van der Waals surface area contributed by atoms with Crippen molar-refractivity contribution in [2.45, 2.75) is 6.92 Å². The molecule has 138 valence electrons. The molecule has 7 nitrogen and oxygen atoms in total. The lowest BCUT2D eigenvalue weighted by Gasteiger charge is -2.11. The van der Waals surface area contributed by atoms with Gasteiger partial charge in [0.25, 0.3) is 5.91 Å². The fraction of sp³-hybridized carbons (Fsp3) is 0.111. The van der Waals surface area contributed by atoms with Gasteiger partial charge in [-0.2, -0.15) is 0 Å². The number of hydrogen-bond donors (Lipinski definition) is 1. The number of aromatic hydroxyl groups is 1.